The minimum Gasteiger partial charge on any atom is -0.295 e. The summed E-state index contributed by atoms with van der Waals surface area (Å²) in [5.74, 6) is -0.761. The van der Waals surface area contributed by atoms with Gasteiger partial charge in [0.15, 0.2) is 0 Å². The van der Waals surface area contributed by atoms with E-state index in [1.807, 2.05) is 18.2 Å². The van der Waals surface area contributed by atoms with Gasteiger partial charge in [0.1, 0.15) is 0 Å². The standard InChI is InChI=1S/C21H24ClN3O5S2/c22-17-5-3-4-16(14-17)20(24-11-1-2-12-24)15-23-32(29,30)19-8-6-18(7-9-19)25-21(26)10-13-31(25,27)28/h3-9,14,20,23H,1-2,10-13,15H2/t20-/m1/s1. The highest BCUT2D eigenvalue weighted by Crippen LogP contribution is 2.28. The zero-order chi connectivity index (χ0) is 22.9. The third-order valence-corrected chi connectivity index (χ3v) is 9.11. The van der Waals surface area contributed by atoms with E-state index in [0.29, 0.717) is 5.02 Å². The number of benzene rings is 2. The van der Waals surface area contributed by atoms with Gasteiger partial charge in [-0.25, -0.2) is 25.9 Å². The molecule has 2 saturated heterocycles. The maximum absolute atomic E-state index is 12.9. The van der Waals surface area contributed by atoms with Crippen LogP contribution < -0.4 is 9.03 Å². The molecule has 32 heavy (non-hydrogen) atoms. The van der Waals surface area contributed by atoms with E-state index in [9.17, 15) is 21.6 Å². The first kappa shape index (κ1) is 23.2. The molecule has 0 unspecified atom stereocenters. The van der Waals surface area contributed by atoms with E-state index in [1.54, 1.807) is 6.07 Å². The largest absolute Gasteiger partial charge is 0.295 e. The Morgan fingerprint density at radius 1 is 1.06 bits per heavy atom. The van der Waals surface area contributed by atoms with Crippen LogP contribution in [-0.4, -0.2) is 53.0 Å². The van der Waals surface area contributed by atoms with Crippen LogP contribution >= 0.6 is 11.6 Å². The van der Waals surface area contributed by atoms with Crippen molar-refractivity contribution in [1.82, 2.24) is 9.62 Å². The summed E-state index contributed by atoms with van der Waals surface area (Å²) < 4.78 is 53.4. The Hall–Kier alpha value is -1.98. The SMILES string of the molecule is O=C1CCS(=O)(=O)N1c1ccc(S(=O)(=O)NC[C@H](c2cccc(Cl)c2)N2CCCC2)cc1. The number of rotatable bonds is 7. The van der Waals surface area contributed by atoms with Crippen LogP contribution in [-0.2, 0) is 24.8 Å². The molecule has 11 heteroatoms. The normalized spacial score (nSPS) is 20.0. The molecule has 0 aromatic heterocycles. The van der Waals surface area contributed by atoms with Gasteiger partial charge in [-0.3, -0.25) is 9.69 Å². The van der Waals surface area contributed by atoms with Crippen LogP contribution in [0.25, 0.3) is 0 Å². The fourth-order valence-corrected chi connectivity index (χ4v) is 6.82. The van der Waals surface area contributed by atoms with E-state index in [0.717, 1.165) is 35.8 Å². The lowest BCUT2D eigenvalue weighted by Crippen LogP contribution is -2.36. The number of carbonyl (C=O) groups is 1. The third-order valence-electron chi connectivity index (χ3n) is 5.74. The Kier molecular flexibility index (Phi) is 6.60. The summed E-state index contributed by atoms with van der Waals surface area (Å²) >= 11 is 6.15. The number of nitrogens with zero attached hydrogens (tertiary/aromatic N) is 2. The van der Waals surface area contributed by atoms with E-state index in [1.165, 1.54) is 24.3 Å². The molecule has 2 heterocycles. The van der Waals surface area contributed by atoms with Crippen LogP contribution in [0.15, 0.2) is 53.4 Å². The van der Waals surface area contributed by atoms with Gasteiger partial charge >= 0.3 is 0 Å². The van der Waals surface area contributed by atoms with Crippen LogP contribution in [0.5, 0.6) is 0 Å². The van der Waals surface area contributed by atoms with Crippen LogP contribution in [0.1, 0.15) is 30.9 Å². The molecule has 0 aliphatic carbocycles. The molecule has 1 amide bonds. The lowest BCUT2D eigenvalue weighted by atomic mass is 10.1. The lowest BCUT2D eigenvalue weighted by Gasteiger charge is -2.28. The van der Waals surface area contributed by atoms with Gasteiger partial charge in [-0.2, -0.15) is 0 Å². The van der Waals surface area contributed by atoms with Crippen molar-refractivity contribution in [1.29, 1.82) is 0 Å². The molecular weight excluding hydrogens is 474 g/mol. The average Bonchev–Trinajstić information content (AvgIpc) is 3.36. The van der Waals surface area contributed by atoms with Gasteiger partial charge in [-0.05, 0) is 67.9 Å². The molecule has 0 saturated carbocycles. The van der Waals surface area contributed by atoms with Crippen molar-refractivity contribution >= 4 is 43.2 Å². The van der Waals surface area contributed by atoms with E-state index in [4.69, 9.17) is 11.6 Å². The molecule has 4 rings (SSSR count). The second-order valence-corrected chi connectivity index (χ2v) is 12.0. The Labute approximate surface area is 193 Å². The summed E-state index contributed by atoms with van der Waals surface area (Å²) in [4.78, 5) is 14.2. The number of carbonyl (C=O) groups excluding carboxylic acids is 1. The molecule has 2 aromatic rings. The molecule has 2 aromatic carbocycles. The maximum atomic E-state index is 12.9. The van der Waals surface area contributed by atoms with E-state index in [-0.39, 0.29) is 35.3 Å². The molecule has 0 radical (unpaired) electrons. The summed E-state index contributed by atoms with van der Waals surface area (Å²) in [6, 6.07) is 12.6. The highest BCUT2D eigenvalue weighted by atomic mass is 35.5. The molecule has 8 nitrogen and oxygen atoms in total. The predicted molar refractivity (Wildman–Crippen MR) is 123 cm³/mol. The van der Waals surface area contributed by atoms with Gasteiger partial charge in [0, 0.05) is 24.0 Å². The second kappa shape index (κ2) is 9.11. The van der Waals surface area contributed by atoms with E-state index < -0.39 is 26.0 Å². The number of sulfonamides is 2. The summed E-state index contributed by atoms with van der Waals surface area (Å²) in [6.45, 7) is 1.93. The topological polar surface area (TPSA) is 104 Å². The number of amides is 1. The average molecular weight is 498 g/mol. The van der Waals surface area contributed by atoms with Gasteiger partial charge < -0.3 is 0 Å². The van der Waals surface area contributed by atoms with Crippen LogP contribution in [0, 0.1) is 0 Å². The third kappa shape index (κ3) is 4.84. The van der Waals surface area contributed by atoms with Crippen molar-refractivity contribution in [3.8, 4) is 0 Å². The smallest absolute Gasteiger partial charge is 0.242 e. The predicted octanol–water partition coefficient (Wildman–Crippen LogP) is 2.52. The van der Waals surface area contributed by atoms with Crippen molar-refractivity contribution < 1.29 is 21.6 Å². The first-order valence-electron chi connectivity index (χ1n) is 10.3. The molecular formula is C21H24ClN3O5S2. The number of anilines is 1. The molecule has 0 bridgehead atoms. The van der Waals surface area contributed by atoms with Crippen molar-refractivity contribution in [2.45, 2.75) is 30.2 Å². The Balaban J connectivity index is 1.52. The Morgan fingerprint density at radius 2 is 1.75 bits per heavy atom. The fraction of sp³-hybridized carbons (Fsp3) is 0.381. The highest BCUT2D eigenvalue weighted by molar-refractivity contribution is 7.94. The Bertz CT molecular complexity index is 1210. The van der Waals surface area contributed by atoms with Crippen molar-refractivity contribution in [3.05, 3.63) is 59.1 Å². The highest BCUT2D eigenvalue weighted by Gasteiger charge is 2.36. The van der Waals surface area contributed by atoms with Crippen LogP contribution in [0.2, 0.25) is 5.02 Å². The van der Waals surface area contributed by atoms with Gasteiger partial charge in [0.2, 0.25) is 26.0 Å². The molecule has 2 fully saturated rings. The van der Waals surface area contributed by atoms with E-state index in [2.05, 4.69) is 9.62 Å². The Morgan fingerprint density at radius 3 is 2.34 bits per heavy atom. The lowest BCUT2D eigenvalue weighted by molar-refractivity contribution is -0.116. The van der Waals surface area contributed by atoms with Crippen LogP contribution in [0.4, 0.5) is 5.69 Å². The van der Waals surface area contributed by atoms with E-state index >= 15 is 0 Å². The first-order chi connectivity index (χ1) is 15.2. The quantitative estimate of drug-likeness (QED) is 0.630. The number of nitrogens with one attached hydrogen (secondary N) is 1. The minimum atomic E-state index is -3.85. The van der Waals surface area contributed by atoms with Gasteiger partial charge in [0.05, 0.1) is 16.3 Å². The zero-order valence-corrected chi connectivity index (χ0v) is 19.7. The summed E-state index contributed by atoms with van der Waals surface area (Å²) in [5.41, 5.74) is 1.08. The summed E-state index contributed by atoms with van der Waals surface area (Å²) in [6.07, 6.45) is 2.04. The second-order valence-electron chi connectivity index (χ2n) is 7.88. The zero-order valence-electron chi connectivity index (χ0n) is 17.3. The van der Waals surface area contributed by atoms with Crippen molar-refractivity contribution in [2.24, 2.45) is 0 Å². The number of hydrogen-bond acceptors (Lipinski definition) is 6. The molecule has 2 aliphatic rings. The summed E-state index contributed by atoms with van der Waals surface area (Å²) in [7, 11) is -7.55. The first-order valence-corrected chi connectivity index (χ1v) is 13.8. The van der Waals surface area contributed by atoms with Gasteiger partial charge in [-0.1, -0.05) is 23.7 Å². The summed E-state index contributed by atoms with van der Waals surface area (Å²) in [5, 5.41) is 0.594. The molecule has 2 aliphatic heterocycles. The maximum Gasteiger partial charge on any atom is 0.242 e. The molecule has 1 N–H and O–H groups in total. The fourth-order valence-electron chi connectivity index (χ4n) is 4.13. The van der Waals surface area contributed by atoms with Crippen molar-refractivity contribution in [3.63, 3.8) is 0 Å². The number of hydrogen-bond donors (Lipinski definition) is 1. The molecule has 172 valence electrons. The monoisotopic (exact) mass is 497 g/mol. The van der Waals surface area contributed by atoms with Gasteiger partial charge in [-0.15, -0.1) is 0 Å². The van der Waals surface area contributed by atoms with Gasteiger partial charge in [0.25, 0.3) is 0 Å². The molecule has 0 spiro atoms. The molecule has 1 atom stereocenters. The van der Waals surface area contributed by atoms with Crippen molar-refractivity contribution in [2.75, 3.05) is 29.7 Å². The number of halogens is 1. The minimum absolute atomic E-state index is 0.00319. The number of likely N-dealkylation sites (tertiary alicyclic amines) is 1. The van der Waals surface area contributed by atoms with Crippen LogP contribution in [0.3, 0.4) is 0 Å².